The molecule has 0 fully saturated rings. The number of para-hydroxylation sites is 1. The summed E-state index contributed by atoms with van der Waals surface area (Å²) in [5, 5.41) is 9.66. The van der Waals surface area contributed by atoms with Gasteiger partial charge in [0.25, 0.3) is 0 Å². The molecule has 0 amide bonds. The van der Waals surface area contributed by atoms with Gasteiger partial charge in [0, 0.05) is 18.4 Å². The summed E-state index contributed by atoms with van der Waals surface area (Å²) >= 11 is 0. The smallest absolute Gasteiger partial charge is 0.119 e. The van der Waals surface area contributed by atoms with E-state index >= 15 is 0 Å². The van der Waals surface area contributed by atoms with Crippen LogP contribution in [0.2, 0.25) is 0 Å². The molecular formula is C23H36O. The molecular weight excluding hydrogens is 292 g/mol. The Labute approximate surface area is 149 Å². The van der Waals surface area contributed by atoms with Crippen LogP contribution in [0.3, 0.4) is 0 Å². The van der Waals surface area contributed by atoms with E-state index < -0.39 is 0 Å². The highest BCUT2D eigenvalue weighted by Gasteiger charge is 1.95. The lowest BCUT2D eigenvalue weighted by atomic mass is 10.0. The Bertz CT molecular complexity index is 466. The van der Waals surface area contributed by atoms with Crippen molar-refractivity contribution >= 4 is 0 Å². The summed E-state index contributed by atoms with van der Waals surface area (Å²) in [5.41, 5.74) is 0.930. The number of phenolic OH excluding ortho intramolecular Hbond substituents is 1. The van der Waals surface area contributed by atoms with Gasteiger partial charge in [-0.3, -0.25) is 0 Å². The van der Waals surface area contributed by atoms with Crippen molar-refractivity contribution in [3.05, 3.63) is 29.8 Å². The first-order valence-electron chi connectivity index (χ1n) is 10.1. The van der Waals surface area contributed by atoms with Crippen molar-refractivity contribution < 1.29 is 5.11 Å². The highest BCUT2D eigenvalue weighted by molar-refractivity contribution is 5.34. The Morgan fingerprint density at radius 3 is 1.83 bits per heavy atom. The Hall–Kier alpha value is -1.42. The maximum Gasteiger partial charge on any atom is 0.119 e. The summed E-state index contributed by atoms with van der Waals surface area (Å²) in [6, 6.07) is 7.46. The summed E-state index contributed by atoms with van der Waals surface area (Å²) in [7, 11) is 0. The van der Waals surface area contributed by atoms with Crippen LogP contribution in [-0.4, -0.2) is 5.11 Å². The second kappa shape index (κ2) is 15.1. The molecule has 0 bridgehead atoms. The second-order valence-corrected chi connectivity index (χ2v) is 6.80. The van der Waals surface area contributed by atoms with Crippen LogP contribution in [0.25, 0.3) is 0 Å². The Balaban J connectivity index is 1.86. The summed E-state index contributed by atoms with van der Waals surface area (Å²) in [6.07, 6.45) is 18.2. The SMILES string of the molecule is CCCCCCCCCCCCCCC#CCc1ccccc1O. The molecule has 1 aromatic rings. The van der Waals surface area contributed by atoms with E-state index in [0.717, 1.165) is 12.0 Å². The molecule has 0 aliphatic heterocycles. The molecule has 0 aliphatic carbocycles. The molecule has 1 aromatic carbocycles. The lowest BCUT2D eigenvalue weighted by molar-refractivity contribution is 0.470. The molecule has 1 nitrogen and oxygen atoms in total. The fourth-order valence-corrected chi connectivity index (χ4v) is 2.96. The van der Waals surface area contributed by atoms with E-state index in [-0.39, 0.29) is 0 Å². The van der Waals surface area contributed by atoms with Crippen LogP contribution >= 0.6 is 0 Å². The minimum absolute atomic E-state index is 0.358. The quantitative estimate of drug-likeness (QED) is 0.304. The molecule has 0 radical (unpaired) electrons. The largest absolute Gasteiger partial charge is 0.508 e. The predicted molar refractivity (Wildman–Crippen MR) is 105 cm³/mol. The monoisotopic (exact) mass is 328 g/mol. The third kappa shape index (κ3) is 11.2. The molecule has 0 spiro atoms. The van der Waals surface area contributed by atoms with Gasteiger partial charge >= 0.3 is 0 Å². The first-order chi connectivity index (χ1) is 11.8. The van der Waals surface area contributed by atoms with Crippen LogP contribution < -0.4 is 0 Å². The van der Waals surface area contributed by atoms with Crippen LogP contribution in [0.4, 0.5) is 0 Å². The number of benzene rings is 1. The van der Waals surface area contributed by atoms with Crippen molar-refractivity contribution in [2.45, 2.75) is 96.8 Å². The minimum Gasteiger partial charge on any atom is -0.508 e. The average Bonchev–Trinajstić information content (AvgIpc) is 2.60. The van der Waals surface area contributed by atoms with E-state index in [0.29, 0.717) is 12.2 Å². The summed E-state index contributed by atoms with van der Waals surface area (Å²) in [4.78, 5) is 0. The molecule has 1 rings (SSSR count). The lowest BCUT2D eigenvalue weighted by Crippen LogP contribution is -1.83. The number of aromatic hydroxyl groups is 1. The van der Waals surface area contributed by atoms with Crippen LogP contribution in [0.1, 0.15) is 96.0 Å². The Morgan fingerprint density at radius 2 is 1.25 bits per heavy atom. The number of hydrogen-bond donors (Lipinski definition) is 1. The molecule has 24 heavy (non-hydrogen) atoms. The van der Waals surface area contributed by atoms with Crippen LogP contribution in [-0.2, 0) is 6.42 Å². The van der Waals surface area contributed by atoms with Gasteiger partial charge in [-0.05, 0) is 12.5 Å². The van der Waals surface area contributed by atoms with E-state index in [1.54, 1.807) is 6.07 Å². The molecule has 0 aromatic heterocycles. The van der Waals surface area contributed by atoms with E-state index in [9.17, 15) is 5.11 Å². The normalized spacial score (nSPS) is 10.4. The Morgan fingerprint density at radius 1 is 0.708 bits per heavy atom. The summed E-state index contributed by atoms with van der Waals surface area (Å²) in [6.45, 7) is 2.28. The molecule has 1 heteroatoms. The van der Waals surface area contributed by atoms with Gasteiger partial charge < -0.3 is 5.11 Å². The van der Waals surface area contributed by atoms with Crippen molar-refractivity contribution in [2.24, 2.45) is 0 Å². The van der Waals surface area contributed by atoms with Gasteiger partial charge in [0.05, 0.1) is 0 Å². The molecule has 0 atom stereocenters. The standard InChI is InChI=1S/C23H36O/c1-2-3-4-5-6-7-8-9-10-11-12-13-14-15-16-19-22-20-17-18-21-23(22)24/h17-18,20-21,24H,2-14,19H2,1H3. The van der Waals surface area contributed by atoms with E-state index in [4.69, 9.17) is 0 Å². The van der Waals surface area contributed by atoms with Gasteiger partial charge in [-0.25, -0.2) is 0 Å². The number of unbranched alkanes of at least 4 members (excludes halogenated alkanes) is 12. The average molecular weight is 329 g/mol. The predicted octanol–water partition coefficient (Wildman–Crippen LogP) is 7.03. The molecule has 0 aliphatic rings. The van der Waals surface area contributed by atoms with Gasteiger partial charge in [0.2, 0.25) is 0 Å². The van der Waals surface area contributed by atoms with Crippen molar-refractivity contribution in [2.75, 3.05) is 0 Å². The zero-order valence-corrected chi connectivity index (χ0v) is 15.7. The maximum absolute atomic E-state index is 9.66. The molecule has 1 N–H and O–H groups in total. The summed E-state index contributed by atoms with van der Waals surface area (Å²) < 4.78 is 0. The second-order valence-electron chi connectivity index (χ2n) is 6.80. The zero-order chi connectivity index (χ0) is 17.3. The van der Waals surface area contributed by atoms with Crippen LogP contribution in [0, 0.1) is 11.8 Å². The van der Waals surface area contributed by atoms with Crippen molar-refractivity contribution in [1.82, 2.24) is 0 Å². The molecule has 0 unspecified atom stereocenters. The number of rotatable bonds is 13. The topological polar surface area (TPSA) is 20.2 Å². The van der Waals surface area contributed by atoms with Crippen LogP contribution in [0.15, 0.2) is 24.3 Å². The van der Waals surface area contributed by atoms with Crippen molar-refractivity contribution in [3.8, 4) is 17.6 Å². The molecule has 0 saturated heterocycles. The van der Waals surface area contributed by atoms with Gasteiger partial charge in [-0.1, -0.05) is 102 Å². The number of hydrogen-bond acceptors (Lipinski definition) is 1. The number of phenols is 1. The zero-order valence-electron chi connectivity index (χ0n) is 15.7. The van der Waals surface area contributed by atoms with Gasteiger partial charge in [0.1, 0.15) is 5.75 Å². The molecule has 0 saturated carbocycles. The highest BCUT2D eigenvalue weighted by Crippen LogP contribution is 2.15. The van der Waals surface area contributed by atoms with Gasteiger partial charge in [0.15, 0.2) is 0 Å². The minimum atomic E-state index is 0.358. The van der Waals surface area contributed by atoms with Gasteiger partial charge in [-0.2, -0.15) is 0 Å². The molecule has 0 heterocycles. The van der Waals surface area contributed by atoms with Crippen molar-refractivity contribution in [3.63, 3.8) is 0 Å². The first-order valence-corrected chi connectivity index (χ1v) is 10.1. The first kappa shape index (κ1) is 20.6. The van der Waals surface area contributed by atoms with E-state index in [2.05, 4.69) is 18.8 Å². The van der Waals surface area contributed by atoms with Crippen molar-refractivity contribution in [1.29, 1.82) is 0 Å². The fourth-order valence-electron chi connectivity index (χ4n) is 2.96. The molecule has 134 valence electrons. The third-order valence-corrected chi connectivity index (χ3v) is 4.55. The third-order valence-electron chi connectivity index (χ3n) is 4.55. The van der Waals surface area contributed by atoms with Crippen LogP contribution in [0.5, 0.6) is 5.75 Å². The van der Waals surface area contributed by atoms with E-state index in [1.165, 1.54) is 77.0 Å². The summed E-state index contributed by atoms with van der Waals surface area (Å²) in [5.74, 6) is 6.77. The van der Waals surface area contributed by atoms with E-state index in [1.807, 2.05) is 18.2 Å². The lowest BCUT2D eigenvalue weighted by Gasteiger charge is -2.02. The highest BCUT2D eigenvalue weighted by atomic mass is 16.3. The van der Waals surface area contributed by atoms with Gasteiger partial charge in [-0.15, -0.1) is 5.92 Å². The Kier molecular flexibility index (Phi) is 13.0. The maximum atomic E-state index is 9.66. The fraction of sp³-hybridized carbons (Fsp3) is 0.652.